The van der Waals surface area contributed by atoms with Gasteiger partial charge in [0.25, 0.3) is 5.92 Å². The van der Waals surface area contributed by atoms with Crippen LogP contribution in [0.1, 0.15) is 25.0 Å². The molecule has 1 aromatic heterocycles. The summed E-state index contributed by atoms with van der Waals surface area (Å²) in [6.07, 6.45) is -5.02. The Bertz CT molecular complexity index is 886. The van der Waals surface area contributed by atoms with Gasteiger partial charge in [-0.15, -0.1) is 11.3 Å². The lowest BCUT2D eigenvalue weighted by Crippen LogP contribution is -2.43. The van der Waals surface area contributed by atoms with Crippen LogP contribution in [0, 0.1) is 0 Å². The van der Waals surface area contributed by atoms with Crippen molar-refractivity contribution in [2.24, 2.45) is 0 Å². The van der Waals surface area contributed by atoms with Crippen molar-refractivity contribution in [1.82, 2.24) is 9.88 Å². The molecule has 0 unspecified atom stereocenters. The van der Waals surface area contributed by atoms with E-state index < -0.39 is 36.9 Å². The van der Waals surface area contributed by atoms with E-state index in [4.69, 9.17) is 9.47 Å². The summed E-state index contributed by atoms with van der Waals surface area (Å²) in [5, 5.41) is 41.7. The zero-order chi connectivity index (χ0) is 24.7. The summed E-state index contributed by atoms with van der Waals surface area (Å²) >= 11 is 1.41. The zero-order valence-electron chi connectivity index (χ0n) is 19.0. The number of alkyl halides is 2. The van der Waals surface area contributed by atoms with Gasteiger partial charge in [0.1, 0.15) is 29.6 Å². The average molecular weight is 503 g/mol. The molecule has 0 radical (unpaired) electrons. The number of halogens is 2. The highest BCUT2D eigenvalue weighted by atomic mass is 32.1. The molecule has 0 bridgehead atoms. The number of methoxy groups -OCH3 is 1. The third-order valence-corrected chi connectivity index (χ3v) is 6.67. The summed E-state index contributed by atoms with van der Waals surface area (Å²) in [6.45, 7) is -0.250. The second-order valence-electron chi connectivity index (χ2n) is 8.56. The van der Waals surface area contributed by atoms with Crippen LogP contribution in [0.15, 0.2) is 29.6 Å². The fourth-order valence-corrected chi connectivity index (χ4v) is 4.62. The molecule has 0 aliphatic carbocycles. The number of aromatic nitrogens is 1. The maximum absolute atomic E-state index is 14.2. The largest absolute Gasteiger partial charge is 0.497 e. The fourth-order valence-electron chi connectivity index (χ4n) is 3.82. The topological polar surface area (TPSA) is 116 Å². The van der Waals surface area contributed by atoms with E-state index in [2.05, 4.69) is 4.98 Å². The quantitative estimate of drug-likeness (QED) is 0.345. The maximum atomic E-state index is 14.2. The number of benzene rings is 1. The van der Waals surface area contributed by atoms with E-state index in [0.717, 1.165) is 10.6 Å². The summed E-state index contributed by atoms with van der Waals surface area (Å²) in [4.78, 5) is 6.10. The second kappa shape index (κ2) is 12.3. The van der Waals surface area contributed by atoms with Gasteiger partial charge in [0.05, 0.1) is 31.6 Å². The molecule has 34 heavy (non-hydrogen) atoms. The maximum Gasteiger partial charge on any atom is 0.271 e. The van der Waals surface area contributed by atoms with Crippen LogP contribution in [0.5, 0.6) is 5.75 Å². The van der Waals surface area contributed by atoms with E-state index in [1.807, 2.05) is 24.3 Å². The highest BCUT2D eigenvalue weighted by Crippen LogP contribution is 2.28. The standard InChI is InChI=1S/C23H32F2N2O6S/c1-32-17-6-4-5-15(9-17)22-26-16(13-34-22)12-33-14-23(24,25)7-2-3-8-27-10-18(28)20(30)21(31)19(29)11-27/h4-6,9,13,18-21,28-31H,2-3,7-8,10-12,14H2,1H3/t18-,19-,20+,21+/m0/s1. The molecule has 1 aliphatic rings. The van der Waals surface area contributed by atoms with Gasteiger partial charge in [-0.05, 0) is 31.5 Å². The number of β-amino-alcohol motifs (C(OH)–C–C–N with tert-alkyl or cyclic N) is 2. The molecule has 0 amide bonds. The number of ether oxygens (including phenoxy) is 2. The van der Waals surface area contributed by atoms with Crippen molar-refractivity contribution in [2.45, 2.75) is 56.2 Å². The molecule has 190 valence electrons. The van der Waals surface area contributed by atoms with Gasteiger partial charge in [0.15, 0.2) is 0 Å². The molecule has 4 N–H and O–H groups in total. The lowest BCUT2D eigenvalue weighted by Gasteiger charge is -2.23. The third-order valence-electron chi connectivity index (χ3n) is 5.73. The van der Waals surface area contributed by atoms with Crippen LogP contribution in [0.3, 0.4) is 0 Å². The minimum atomic E-state index is -2.99. The summed E-state index contributed by atoms with van der Waals surface area (Å²) in [5.41, 5.74) is 1.47. The molecule has 4 atom stereocenters. The Balaban J connectivity index is 1.37. The van der Waals surface area contributed by atoms with Crippen molar-refractivity contribution in [3.8, 4) is 16.3 Å². The molecular formula is C23H32F2N2O6S. The Hall–Kier alpha value is -1.73. The van der Waals surface area contributed by atoms with Crippen LogP contribution < -0.4 is 4.74 Å². The van der Waals surface area contributed by atoms with Gasteiger partial charge in [0, 0.05) is 30.5 Å². The van der Waals surface area contributed by atoms with E-state index >= 15 is 0 Å². The molecule has 1 saturated heterocycles. The highest BCUT2D eigenvalue weighted by molar-refractivity contribution is 7.13. The zero-order valence-corrected chi connectivity index (χ0v) is 19.8. The third kappa shape index (κ3) is 7.64. The fraction of sp³-hybridized carbons (Fsp3) is 0.609. The molecule has 0 saturated carbocycles. The molecule has 1 fully saturated rings. The Morgan fingerprint density at radius 3 is 2.50 bits per heavy atom. The molecule has 2 aromatic rings. The molecular weight excluding hydrogens is 470 g/mol. The van der Waals surface area contributed by atoms with E-state index in [9.17, 15) is 29.2 Å². The van der Waals surface area contributed by atoms with Crippen molar-refractivity contribution < 1.29 is 38.7 Å². The molecule has 2 heterocycles. The van der Waals surface area contributed by atoms with Crippen LogP contribution in [0.4, 0.5) is 8.78 Å². The van der Waals surface area contributed by atoms with Crippen LogP contribution in [-0.2, 0) is 11.3 Å². The number of thiazole rings is 1. The van der Waals surface area contributed by atoms with Crippen molar-refractivity contribution in [3.63, 3.8) is 0 Å². The first kappa shape index (κ1) is 26.9. The Kier molecular flexibility index (Phi) is 9.72. The first-order valence-electron chi connectivity index (χ1n) is 11.2. The monoisotopic (exact) mass is 502 g/mol. The number of unbranched alkanes of at least 4 members (excludes halogenated alkanes) is 1. The summed E-state index contributed by atoms with van der Waals surface area (Å²) in [7, 11) is 1.58. The van der Waals surface area contributed by atoms with Gasteiger partial charge in [0.2, 0.25) is 0 Å². The van der Waals surface area contributed by atoms with Crippen LogP contribution in [0.25, 0.3) is 10.6 Å². The Morgan fingerprint density at radius 1 is 1.12 bits per heavy atom. The first-order chi connectivity index (χ1) is 16.2. The lowest BCUT2D eigenvalue weighted by molar-refractivity contribution is -0.0894. The van der Waals surface area contributed by atoms with Gasteiger partial charge < -0.3 is 29.9 Å². The molecule has 8 nitrogen and oxygen atoms in total. The van der Waals surface area contributed by atoms with Crippen molar-refractivity contribution in [2.75, 3.05) is 33.4 Å². The number of aliphatic hydroxyl groups excluding tert-OH is 4. The number of rotatable bonds is 11. The van der Waals surface area contributed by atoms with E-state index in [1.54, 1.807) is 17.4 Å². The van der Waals surface area contributed by atoms with E-state index in [1.165, 1.54) is 11.3 Å². The molecule has 11 heteroatoms. The summed E-state index contributed by atoms with van der Waals surface area (Å²) in [6, 6.07) is 7.45. The Labute approximate surface area is 201 Å². The van der Waals surface area contributed by atoms with Crippen molar-refractivity contribution in [1.29, 1.82) is 0 Å². The lowest BCUT2D eigenvalue weighted by atomic mass is 10.1. The summed E-state index contributed by atoms with van der Waals surface area (Å²) in [5.74, 6) is -2.28. The minimum absolute atomic E-state index is 0.00966. The van der Waals surface area contributed by atoms with Crippen LogP contribution >= 0.6 is 11.3 Å². The summed E-state index contributed by atoms with van der Waals surface area (Å²) < 4.78 is 38.9. The van der Waals surface area contributed by atoms with Crippen LogP contribution in [0.2, 0.25) is 0 Å². The van der Waals surface area contributed by atoms with Gasteiger partial charge in [-0.25, -0.2) is 13.8 Å². The predicted octanol–water partition coefficient (Wildman–Crippen LogP) is 1.90. The van der Waals surface area contributed by atoms with Gasteiger partial charge in [-0.1, -0.05) is 12.1 Å². The molecule has 1 aliphatic heterocycles. The predicted molar refractivity (Wildman–Crippen MR) is 123 cm³/mol. The van der Waals surface area contributed by atoms with Gasteiger partial charge in [-0.2, -0.15) is 0 Å². The van der Waals surface area contributed by atoms with Gasteiger partial charge in [-0.3, -0.25) is 4.90 Å². The number of hydrogen-bond acceptors (Lipinski definition) is 9. The molecule has 0 spiro atoms. The van der Waals surface area contributed by atoms with Gasteiger partial charge >= 0.3 is 0 Å². The molecule has 3 rings (SSSR count). The number of nitrogens with zero attached hydrogens (tertiary/aromatic N) is 2. The van der Waals surface area contributed by atoms with Crippen molar-refractivity contribution >= 4 is 11.3 Å². The highest BCUT2D eigenvalue weighted by Gasteiger charge is 2.36. The van der Waals surface area contributed by atoms with E-state index in [-0.39, 0.29) is 32.5 Å². The molecule has 1 aromatic carbocycles. The second-order valence-corrected chi connectivity index (χ2v) is 9.42. The van der Waals surface area contributed by atoms with Crippen LogP contribution in [-0.4, -0.2) is 94.0 Å². The SMILES string of the molecule is COc1cccc(-c2nc(COCC(F)(F)CCCCN3C[C@H](O)[C@@H](O)[C@H](O)[C@@H](O)C3)cs2)c1. The first-order valence-corrected chi connectivity index (χ1v) is 12.1. The average Bonchev–Trinajstić information content (AvgIpc) is 3.26. The Morgan fingerprint density at radius 2 is 1.82 bits per heavy atom. The van der Waals surface area contributed by atoms with Crippen molar-refractivity contribution in [3.05, 3.63) is 35.3 Å². The normalized spacial score (nSPS) is 24.2. The number of likely N-dealkylation sites (tertiary alicyclic amines) is 1. The van der Waals surface area contributed by atoms with E-state index in [0.29, 0.717) is 24.4 Å². The smallest absolute Gasteiger partial charge is 0.271 e. The minimum Gasteiger partial charge on any atom is -0.497 e. The number of aliphatic hydroxyl groups is 4. The number of hydrogen-bond donors (Lipinski definition) is 4.